The standard InChI is InChI=1S/C11H22N2O2/c1-8-6-12-7-11(8,5)13-9(14)15-10(2,3)4/h8,12H,6-7H2,1-5H3,(H,13,14)/t8-,11+/m0/s1. The van der Waals surface area contributed by atoms with Crippen molar-refractivity contribution in [2.75, 3.05) is 13.1 Å². The van der Waals surface area contributed by atoms with Crippen LogP contribution in [-0.2, 0) is 4.74 Å². The van der Waals surface area contributed by atoms with Gasteiger partial charge in [0, 0.05) is 13.1 Å². The lowest BCUT2D eigenvalue weighted by Crippen LogP contribution is -2.52. The van der Waals surface area contributed by atoms with Gasteiger partial charge in [0.25, 0.3) is 0 Å². The molecule has 15 heavy (non-hydrogen) atoms. The summed E-state index contributed by atoms with van der Waals surface area (Å²) in [4.78, 5) is 11.6. The van der Waals surface area contributed by atoms with Crippen molar-refractivity contribution in [3.63, 3.8) is 0 Å². The first kappa shape index (κ1) is 12.3. The Morgan fingerprint density at radius 2 is 2.13 bits per heavy atom. The van der Waals surface area contributed by atoms with E-state index in [1.807, 2.05) is 27.7 Å². The van der Waals surface area contributed by atoms with E-state index in [4.69, 9.17) is 4.74 Å². The second-order valence-corrected chi connectivity index (χ2v) is 5.58. The smallest absolute Gasteiger partial charge is 0.408 e. The molecule has 1 amide bonds. The maximum absolute atomic E-state index is 11.6. The molecule has 0 aromatic heterocycles. The summed E-state index contributed by atoms with van der Waals surface area (Å²) in [5.41, 5.74) is -0.627. The van der Waals surface area contributed by atoms with Crippen molar-refractivity contribution in [3.05, 3.63) is 0 Å². The summed E-state index contributed by atoms with van der Waals surface area (Å²) < 4.78 is 5.24. The number of hydrogen-bond donors (Lipinski definition) is 2. The van der Waals surface area contributed by atoms with Gasteiger partial charge in [-0.1, -0.05) is 6.92 Å². The van der Waals surface area contributed by atoms with Gasteiger partial charge in [0.05, 0.1) is 5.54 Å². The Labute approximate surface area is 91.8 Å². The molecule has 0 saturated carbocycles. The maximum atomic E-state index is 11.6. The molecule has 0 radical (unpaired) electrons. The van der Waals surface area contributed by atoms with Crippen LogP contribution in [0.15, 0.2) is 0 Å². The number of carbonyl (C=O) groups is 1. The zero-order chi connectivity index (χ0) is 11.7. The lowest BCUT2D eigenvalue weighted by Gasteiger charge is -2.31. The van der Waals surface area contributed by atoms with Crippen LogP contribution in [0.3, 0.4) is 0 Å². The molecule has 1 rings (SSSR count). The van der Waals surface area contributed by atoms with Gasteiger partial charge in [0.1, 0.15) is 5.60 Å². The van der Waals surface area contributed by atoms with Gasteiger partial charge in [0.15, 0.2) is 0 Å². The summed E-state index contributed by atoms with van der Waals surface area (Å²) in [6, 6.07) is 0. The number of hydrogen-bond acceptors (Lipinski definition) is 3. The van der Waals surface area contributed by atoms with Crippen molar-refractivity contribution in [1.29, 1.82) is 0 Å². The highest BCUT2D eigenvalue weighted by Gasteiger charge is 2.38. The molecule has 2 atom stereocenters. The number of amides is 1. The third-order valence-electron chi connectivity index (χ3n) is 2.82. The Hall–Kier alpha value is -0.770. The second-order valence-electron chi connectivity index (χ2n) is 5.58. The van der Waals surface area contributed by atoms with Gasteiger partial charge >= 0.3 is 6.09 Å². The third kappa shape index (κ3) is 3.38. The normalized spacial score (nSPS) is 31.4. The molecule has 0 bridgehead atoms. The highest BCUT2D eigenvalue weighted by molar-refractivity contribution is 5.69. The Kier molecular flexibility index (Phi) is 3.28. The quantitative estimate of drug-likeness (QED) is 0.695. The fraction of sp³-hybridized carbons (Fsp3) is 0.909. The fourth-order valence-corrected chi connectivity index (χ4v) is 1.65. The molecule has 4 nitrogen and oxygen atoms in total. The molecule has 2 N–H and O–H groups in total. The van der Waals surface area contributed by atoms with Crippen molar-refractivity contribution in [2.45, 2.75) is 45.8 Å². The minimum absolute atomic E-state index is 0.192. The minimum atomic E-state index is -0.435. The van der Waals surface area contributed by atoms with Gasteiger partial charge in [-0.25, -0.2) is 4.79 Å². The van der Waals surface area contributed by atoms with Gasteiger partial charge in [-0.05, 0) is 33.6 Å². The highest BCUT2D eigenvalue weighted by atomic mass is 16.6. The number of alkyl carbamates (subject to hydrolysis) is 1. The predicted molar refractivity (Wildman–Crippen MR) is 59.8 cm³/mol. The van der Waals surface area contributed by atoms with E-state index >= 15 is 0 Å². The zero-order valence-electron chi connectivity index (χ0n) is 10.3. The molecule has 0 aromatic carbocycles. The molecule has 0 aromatic rings. The van der Waals surface area contributed by atoms with Gasteiger partial charge in [-0.3, -0.25) is 0 Å². The number of rotatable bonds is 1. The molecule has 1 fully saturated rings. The van der Waals surface area contributed by atoms with Crippen molar-refractivity contribution in [3.8, 4) is 0 Å². The van der Waals surface area contributed by atoms with E-state index in [1.54, 1.807) is 0 Å². The number of ether oxygens (including phenoxy) is 1. The Balaban J connectivity index is 2.51. The fourth-order valence-electron chi connectivity index (χ4n) is 1.65. The summed E-state index contributed by atoms with van der Waals surface area (Å²) in [5, 5.41) is 6.20. The van der Waals surface area contributed by atoms with E-state index in [1.165, 1.54) is 0 Å². The van der Waals surface area contributed by atoms with Crippen LogP contribution in [0.5, 0.6) is 0 Å². The second kappa shape index (κ2) is 4.00. The highest BCUT2D eigenvalue weighted by Crippen LogP contribution is 2.21. The van der Waals surface area contributed by atoms with E-state index in [2.05, 4.69) is 17.6 Å². The molecule has 0 aliphatic carbocycles. The maximum Gasteiger partial charge on any atom is 0.408 e. The average Bonchev–Trinajstić information content (AvgIpc) is 2.27. The van der Waals surface area contributed by atoms with Crippen LogP contribution in [0.25, 0.3) is 0 Å². The van der Waals surface area contributed by atoms with Crippen LogP contribution < -0.4 is 10.6 Å². The molecular weight excluding hydrogens is 192 g/mol. The molecule has 88 valence electrons. The van der Waals surface area contributed by atoms with Crippen molar-refractivity contribution in [1.82, 2.24) is 10.6 Å². The molecule has 0 spiro atoms. The van der Waals surface area contributed by atoms with Crippen LogP contribution in [0.4, 0.5) is 4.79 Å². The van der Waals surface area contributed by atoms with Crippen LogP contribution in [-0.4, -0.2) is 30.3 Å². The van der Waals surface area contributed by atoms with Crippen molar-refractivity contribution < 1.29 is 9.53 Å². The van der Waals surface area contributed by atoms with Gasteiger partial charge in [-0.15, -0.1) is 0 Å². The molecule has 0 unspecified atom stereocenters. The Morgan fingerprint density at radius 1 is 1.53 bits per heavy atom. The monoisotopic (exact) mass is 214 g/mol. The summed E-state index contributed by atoms with van der Waals surface area (Å²) in [6.45, 7) is 11.5. The third-order valence-corrected chi connectivity index (χ3v) is 2.82. The van der Waals surface area contributed by atoms with Crippen LogP contribution in [0.1, 0.15) is 34.6 Å². The van der Waals surface area contributed by atoms with Gasteiger partial charge in [0.2, 0.25) is 0 Å². The van der Waals surface area contributed by atoms with E-state index in [9.17, 15) is 4.79 Å². The largest absolute Gasteiger partial charge is 0.444 e. The molecule has 4 heteroatoms. The Bertz CT molecular complexity index is 247. The van der Waals surface area contributed by atoms with E-state index < -0.39 is 5.60 Å². The summed E-state index contributed by atoms with van der Waals surface area (Å²) >= 11 is 0. The summed E-state index contributed by atoms with van der Waals surface area (Å²) in [5.74, 6) is 0.421. The first-order valence-corrected chi connectivity index (χ1v) is 5.45. The van der Waals surface area contributed by atoms with E-state index in [-0.39, 0.29) is 11.6 Å². The summed E-state index contributed by atoms with van der Waals surface area (Å²) in [7, 11) is 0. The number of carbonyl (C=O) groups excluding carboxylic acids is 1. The SMILES string of the molecule is C[C@H]1CNC[C@@]1(C)NC(=O)OC(C)(C)C. The lowest BCUT2D eigenvalue weighted by atomic mass is 9.91. The zero-order valence-corrected chi connectivity index (χ0v) is 10.3. The topological polar surface area (TPSA) is 50.4 Å². The minimum Gasteiger partial charge on any atom is -0.444 e. The molecule has 1 heterocycles. The van der Waals surface area contributed by atoms with Crippen molar-refractivity contribution in [2.24, 2.45) is 5.92 Å². The first-order chi connectivity index (χ1) is 6.73. The van der Waals surface area contributed by atoms with Crippen LogP contribution in [0.2, 0.25) is 0 Å². The molecule has 1 aliphatic rings. The first-order valence-electron chi connectivity index (χ1n) is 5.45. The molecular formula is C11H22N2O2. The predicted octanol–water partition coefficient (Wildman–Crippen LogP) is 1.51. The lowest BCUT2D eigenvalue weighted by molar-refractivity contribution is 0.0453. The van der Waals surface area contributed by atoms with E-state index in [0.717, 1.165) is 13.1 Å². The van der Waals surface area contributed by atoms with Gasteiger partial charge in [-0.2, -0.15) is 0 Å². The summed E-state index contributed by atoms with van der Waals surface area (Å²) in [6.07, 6.45) is -0.333. The van der Waals surface area contributed by atoms with Crippen LogP contribution in [0, 0.1) is 5.92 Å². The number of nitrogens with one attached hydrogen (secondary N) is 2. The molecule has 1 aliphatic heterocycles. The van der Waals surface area contributed by atoms with E-state index in [0.29, 0.717) is 5.92 Å². The van der Waals surface area contributed by atoms with Crippen molar-refractivity contribution >= 4 is 6.09 Å². The van der Waals surface area contributed by atoms with Gasteiger partial charge < -0.3 is 15.4 Å². The average molecular weight is 214 g/mol. The van der Waals surface area contributed by atoms with Crippen LogP contribution >= 0.6 is 0 Å². The molecule has 1 saturated heterocycles. The Morgan fingerprint density at radius 3 is 2.53 bits per heavy atom.